The van der Waals surface area contributed by atoms with Gasteiger partial charge in [-0.1, -0.05) is 17.3 Å². The van der Waals surface area contributed by atoms with Crippen molar-refractivity contribution in [2.24, 2.45) is 0 Å². The zero-order valence-corrected chi connectivity index (χ0v) is 16.6. The first-order valence-electron chi connectivity index (χ1n) is 9.26. The van der Waals surface area contributed by atoms with Gasteiger partial charge < -0.3 is 10.1 Å². The summed E-state index contributed by atoms with van der Waals surface area (Å²) in [7, 11) is 0. The molecule has 0 aliphatic carbocycles. The molecule has 0 amide bonds. The summed E-state index contributed by atoms with van der Waals surface area (Å²) in [4.78, 5) is 24.8. The molecule has 0 bridgehead atoms. The van der Waals surface area contributed by atoms with Crippen LogP contribution in [0.15, 0.2) is 54.5 Å². The number of ether oxygens (including phenoxy) is 1. The minimum atomic E-state index is -2.16. The first-order chi connectivity index (χ1) is 15.3. The van der Waals surface area contributed by atoms with Crippen LogP contribution in [0.1, 0.15) is 22.8 Å². The third-order valence-corrected chi connectivity index (χ3v) is 4.24. The van der Waals surface area contributed by atoms with Gasteiger partial charge in [-0.05, 0) is 30.7 Å². The first kappa shape index (κ1) is 22.7. The average Bonchev–Trinajstić information content (AvgIpc) is 3.29. The lowest BCUT2D eigenvalue weighted by atomic mass is 10.0. The van der Waals surface area contributed by atoms with E-state index in [0.29, 0.717) is 12.2 Å². The molecule has 2 aromatic carbocycles. The van der Waals surface area contributed by atoms with Gasteiger partial charge in [0.05, 0.1) is 24.9 Å². The number of ketones is 1. The Kier molecular flexibility index (Phi) is 6.98. The van der Waals surface area contributed by atoms with Crippen LogP contribution in [0.5, 0.6) is 0 Å². The Morgan fingerprint density at radius 3 is 2.44 bits per heavy atom. The van der Waals surface area contributed by atoms with Gasteiger partial charge in [0.1, 0.15) is 5.57 Å². The van der Waals surface area contributed by atoms with E-state index >= 15 is 0 Å². The average molecular weight is 448 g/mol. The van der Waals surface area contributed by atoms with Crippen molar-refractivity contribution in [2.75, 3.05) is 11.9 Å². The van der Waals surface area contributed by atoms with Gasteiger partial charge in [-0.3, -0.25) is 4.79 Å². The van der Waals surface area contributed by atoms with Gasteiger partial charge >= 0.3 is 5.97 Å². The molecule has 3 rings (SSSR count). The van der Waals surface area contributed by atoms with Crippen LogP contribution >= 0.6 is 0 Å². The molecule has 0 aliphatic heterocycles. The monoisotopic (exact) mass is 448 g/mol. The number of halogens is 4. The zero-order chi connectivity index (χ0) is 23.3. The fourth-order valence-corrected chi connectivity index (χ4v) is 2.68. The van der Waals surface area contributed by atoms with Crippen molar-refractivity contribution in [3.8, 4) is 0 Å². The molecule has 1 N–H and O–H groups in total. The predicted octanol–water partition coefficient (Wildman–Crippen LogP) is 3.62. The number of benzene rings is 2. The number of hydrogen-bond acceptors (Lipinski definition) is 6. The van der Waals surface area contributed by atoms with Crippen molar-refractivity contribution in [3.63, 3.8) is 0 Å². The molecule has 166 valence electrons. The summed E-state index contributed by atoms with van der Waals surface area (Å²) >= 11 is 0. The topological polar surface area (TPSA) is 86.1 Å². The lowest BCUT2D eigenvalue weighted by Gasteiger charge is -2.10. The molecular formula is C21H16F4N4O3. The highest BCUT2D eigenvalue weighted by atomic mass is 19.2. The van der Waals surface area contributed by atoms with E-state index in [9.17, 15) is 27.2 Å². The van der Waals surface area contributed by atoms with Gasteiger partial charge in [0.15, 0.2) is 23.3 Å². The maximum atomic E-state index is 14.1. The number of Topliss-reactive ketones (excluding diaryl/α,β-unsaturated/α-hetero) is 1. The number of carbonyl (C=O) groups is 2. The molecule has 0 spiro atoms. The SMILES string of the molecule is CCOC(=O)C(=CNc1ccc(Cn2ccnn2)cc1)C(=O)c1cc(F)c(F)c(F)c1F. The Balaban J connectivity index is 1.86. The largest absolute Gasteiger partial charge is 0.462 e. The molecule has 0 saturated heterocycles. The van der Waals surface area contributed by atoms with E-state index < -0.39 is 46.2 Å². The number of nitrogens with zero attached hydrogens (tertiary/aromatic N) is 3. The summed E-state index contributed by atoms with van der Waals surface area (Å²) in [5.74, 6) is -10.4. The van der Waals surface area contributed by atoms with Crippen molar-refractivity contribution < 1.29 is 31.9 Å². The Hall–Kier alpha value is -4.02. The molecule has 3 aromatic rings. The van der Waals surface area contributed by atoms with Crippen LogP contribution in [0.4, 0.5) is 23.2 Å². The second-order valence-electron chi connectivity index (χ2n) is 6.40. The molecule has 0 aliphatic rings. The number of nitrogens with one attached hydrogen (secondary N) is 1. The molecule has 0 radical (unpaired) electrons. The lowest BCUT2D eigenvalue weighted by Crippen LogP contribution is -2.19. The standard InChI is InChI=1S/C21H16F4N4O3/c1-2-32-21(31)15(20(30)14-9-16(22)18(24)19(25)17(14)23)10-26-13-5-3-12(4-6-13)11-29-8-7-27-28-29/h3-10,26H,2,11H2,1H3. The first-order valence-corrected chi connectivity index (χ1v) is 9.26. The Bertz CT molecular complexity index is 1160. The smallest absolute Gasteiger partial charge is 0.343 e. The van der Waals surface area contributed by atoms with Crippen molar-refractivity contribution in [3.05, 3.63) is 88.9 Å². The number of aromatic nitrogens is 3. The minimum absolute atomic E-state index is 0.116. The highest BCUT2D eigenvalue weighted by Gasteiger charge is 2.28. The molecule has 7 nitrogen and oxygen atoms in total. The fraction of sp³-hybridized carbons (Fsp3) is 0.143. The molecule has 11 heteroatoms. The Morgan fingerprint density at radius 1 is 1.09 bits per heavy atom. The van der Waals surface area contributed by atoms with Gasteiger partial charge in [0.25, 0.3) is 0 Å². The van der Waals surface area contributed by atoms with Gasteiger partial charge in [-0.15, -0.1) is 5.10 Å². The van der Waals surface area contributed by atoms with E-state index in [0.717, 1.165) is 11.8 Å². The van der Waals surface area contributed by atoms with E-state index in [-0.39, 0.29) is 12.7 Å². The summed E-state index contributed by atoms with van der Waals surface area (Å²) in [6.07, 6.45) is 4.15. The second kappa shape index (κ2) is 9.86. The fourth-order valence-electron chi connectivity index (χ4n) is 2.68. The van der Waals surface area contributed by atoms with E-state index in [1.807, 2.05) is 0 Å². The zero-order valence-electron chi connectivity index (χ0n) is 16.6. The van der Waals surface area contributed by atoms with E-state index in [1.165, 1.54) is 13.1 Å². The molecular weight excluding hydrogens is 432 g/mol. The van der Waals surface area contributed by atoms with Gasteiger partial charge in [0, 0.05) is 18.1 Å². The second-order valence-corrected chi connectivity index (χ2v) is 6.40. The van der Waals surface area contributed by atoms with Crippen molar-refractivity contribution in [2.45, 2.75) is 13.5 Å². The summed E-state index contributed by atoms with van der Waals surface area (Å²) in [5.41, 5.74) is -0.557. The third-order valence-electron chi connectivity index (χ3n) is 4.24. The van der Waals surface area contributed by atoms with Gasteiger partial charge in [-0.25, -0.2) is 27.0 Å². The number of hydrogen-bond donors (Lipinski definition) is 1. The van der Waals surface area contributed by atoms with Crippen LogP contribution in [-0.2, 0) is 16.1 Å². The van der Waals surface area contributed by atoms with Crippen LogP contribution < -0.4 is 5.32 Å². The van der Waals surface area contributed by atoms with Crippen LogP contribution in [-0.4, -0.2) is 33.4 Å². The van der Waals surface area contributed by atoms with Crippen LogP contribution in [0.3, 0.4) is 0 Å². The predicted molar refractivity (Wildman–Crippen MR) is 105 cm³/mol. The molecule has 0 saturated carbocycles. The molecule has 1 aromatic heterocycles. The van der Waals surface area contributed by atoms with Crippen molar-refractivity contribution >= 4 is 17.4 Å². The molecule has 0 unspecified atom stereocenters. The molecule has 32 heavy (non-hydrogen) atoms. The highest BCUT2D eigenvalue weighted by Crippen LogP contribution is 2.22. The summed E-state index contributed by atoms with van der Waals surface area (Å²) in [6, 6.07) is 6.94. The number of rotatable bonds is 8. The third kappa shape index (κ3) is 4.99. The molecule has 0 fully saturated rings. The Labute approximate surface area is 179 Å². The molecule has 0 atom stereocenters. The summed E-state index contributed by atoms with van der Waals surface area (Å²) < 4.78 is 60.7. The normalized spacial score (nSPS) is 11.3. The number of carbonyl (C=O) groups excluding carboxylic acids is 2. The van der Waals surface area contributed by atoms with Crippen LogP contribution in [0.25, 0.3) is 0 Å². The summed E-state index contributed by atoms with van der Waals surface area (Å²) in [5, 5.41) is 10.2. The number of esters is 1. The van der Waals surface area contributed by atoms with E-state index in [4.69, 9.17) is 4.74 Å². The van der Waals surface area contributed by atoms with Gasteiger partial charge in [-0.2, -0.15) is 0 Å². The van der Waals surface area contributed by atoms with Crippen LogP contribution in [0.2, 0.25) is 0 Å². The number of anilines is 1. The maximum Gasteiger partial charge on any atom is 0.343 e. The van der Waals surface area contributed by atoms with Crippen molar-refractivity contribution in [1.29, 1.82) is 0 Å². The minimum Gasteiger partial charge on any atom is -0.462 e. The lowest BCUT2D eigenvalue weighted by molar-refractivity contribution is -0.138. The molecule has 1 heterocycles. The van der Waals surface area contributed by atoms with Crippen molar-refractivity contribution in [1.82, 2.24) is 15.0 Å². The summed E-state index contributed by atoms with van der Waals surface area (Å²) in [6.45, 7) is 1.82. The van der Waals surface area contributed by atoms with Gasteiger partial charge in [0.2, 0.25) is 5.78 Å². The van der Waals surface area contributed by atoms with E-state index in [1.54, 1.807) is 35.1 Å². The quantitative estimate of drug-likeness (QED) is 0.0828. The van der Waals surface area contributed by atoms with E-state index in [2.05, 4.69) is 15.6 Å². The maximum absolute atomic E-state index is 14.1. The Morgan fingerprint density at radius 2 is 1.81 bits per heavy atom. The highest BCUT2D eigenvalue weighted by molar-refractivity contribution is 6.24. The van der Waals surface area contributed by atoms with Crippen LogP contribution in [0, 0.1) is 23.3 Å².